The van der Waals surface area contributed by atoms with Gasteiger partial charge in [0.1, 0.15) is 19.3 Å². The van der Waals surface area contributed by atoms with E-state index >= 15 is 0 Å². The molecule has 362 valence electrons. The first-order valence-corrected chi connectivity index (χ1v) is 27.0. The minimum Gasteiger partial charge on any atom is -0.457 e. The van der Waals surface area contributed by atoms with Crippen LogP contribution >= 0.6 is 7.82 Å². The van der Waals surface area contributed by atoms with Gasteiger partial charge in [-0.3, -0.25) is 13.8 Å². The maximum atomic E-state index is 12.7. The van der Waals surface area contributed by atoms with Crippen molar-refractivity contribution in [2.24, 2.45) is 0 Å². The molecule has 2 unspecified atom stereocenters. The van der Waals surface area contributed by atoms with E-state index in [1.807, 2.05) is 21.1 Å². The average molecular weight is 893 g/mol. The van der Waals surface area contributed by atoms with Gasteiger partial charge in [0.2, 0.25) is 0 Å². The summed E-state index contributed by atoms with van der Waals surface area (Å²) >= 11 is 0. The molecule has 0 rings (SSSR count). The zero-order chi connectivity index (χ0) is 45.5. The van der Waals surface area contributed by atoms with Gasteiger partial charge in [0.25, 0.3) is 0 Å². The van der Waals surface area contributed by atoms with E-state index in [9.17, 15) is 14.3 Å². The molecular formula is C53H99NO7P+. The highest BCUT2D eigenvalue weighted by Crippen LogP contribution is 2.43. The number of phosphoric acid groups is 1. The molecule has 9 heteroatoms. The number of ether oxygens (including phenoxy) is 2. The number of hydrogen-bond acceptors (Lipinski definition) is 6. The number of rotatable bonds is 47. The SMILES string of the molecule is CC/C=C\C/C=C\C/C=C\C/C=C\C/C=C\CCCCCCCCCCOCC(COP(=O)(O)OCC[N+](C)(C)C)OC(=O)CCCCCCCCCCCCCCCCCC. The highest BCUT2D eigenvalue weighted by atomic mass is 31.2. The first-order chi connectivity index (χ1) is 30.1. The highest BCUT2D eigenvalue weighted by Gasteiger charge is 2.26. The lowest BCUT2D eigenvalue weighted by atomic mass is 10.0. The average Bonchev–Trinajstić information content (AvgIpc) is 3.23. The number of hydrogen-bond donors (Lipinski definition) is 1. The van der Waals surface area contributed by atoms with Crippen LogP contribution in [-0.2, 0) is 27.9 Å². The van der Waals surface area contributed by atoms with Crippen molar-refractivity contribution >= 4 is 13.8 Å². The minimum atomic E-state index is -4.28. The third-order valence-corrected chi connectivity index (χ3v) is 11.8. The van der Waals surface area contributed by atoms with Crippen molar-refractivity contribution in [3.63, 3.8) is 0 Å². The smallest absolute Gasteiger partial charge is 0.457 e. The standard InChI is InChI=1S/C53H98NO7P/c1-6-8-10-12-14-16-18-20-22-24-25-26-27-28-29-30-31-33-35-37-39-41-43-45-48-58-50-52(51-60-62(56,57)59-49-47-54(3,4)5)61-53(55)46-44-42-40-38-36-34-32-23-21-19-17-15-13-11-9-7-2/h8,10,14,16,20,22,25-26,28-29,52H,6-7,9,11-13,15,17-19,21,23-24,27,30-51H2,1-5H3/p+1/b10-8-,16-14-,22-20-,26-25-,29-28-. The van der Waals surface area contributed by atoms with E-state index in [4.69, 9.17) is 18.5 Å². The van der Waals surface area contributed by atoms with Crippen LogP contribution in [0.1, 0.15) is 213 Å². The van der Waals surface area contributed by atoms with E-state index in [0.29, 0.717) is 24.1 Å². The second kappa shape index (κ2) is 45.8. The topological polar surface area (TPSA) is 91.3 Å². The van der Waals surface area contributed by atoms with Gasteiger partial charge in [-0.05, 0) is 57.8 Å². The molecule has 1 N–H and O–H groups in total. The van der Waals surface area contributed by atoms with Crippen LogP contribution in [-0.4, -0.2) is 75.6 Å². The Morgan fingerprint density at radius 3 is 1.40 bits per heavy atom. The Balaban J connectivity index is 4.15. The fraction of sp³-hybridized carbons (Fsp3) is 0.792. The number of phosphoric ester groups is 1. The van der Waals surface area contributed by atoms with Crippen molar-refractivity contribution in [2.45, 2.75) is 219 Å². The van der Waals surface area contributed by atoms with E-state index in [-0.39, 0.29) is 25.8 Å². The molecule has 0 saturated heterocycles. The van der Waals surface area contributed by atoms with Crippen molar-refractivity contribution in [1.82, 2.24) is 0 Å². The molecule has 62 heavy (non-hydrogen) atoms. The number of carbonyl (C=O) groups is 1. The summed E-state index contributed by atoms with van der Waals surface area (Å²) in [5.41, 5.74) is 0. The third kappa shape index (κ3) is 49.2. The first-order valence-electron chi connectivity index (χ1n) is 25.5. The van der Waals surface area contributed by atoms with Gasteiger partial charge in [-0.15, -0.1) is 0 Å². The maximum absolute atomic E-state index is 12.7. The molecule has 0 radical (unpaired) electrons. The molecule has 0 bridgehead atoms. The molecule has 0 heterocycles. The summed E-state index contributed by atoms with van der Waals surface area (Å²) in [6.45, 7) is 5.51. The van der Waals surface area contributed by atoms with Gasteiger partial charge in [-0.25, -0.2) is 4.57 Å². The molecular weight excluding hydrogens is 794 g/mol. The Bertz CT molecular complexity index is 1170. The molecule has 0 aromatic rings. The van der Waals surface area contributed by atoms with Crippen LogP contribution in [0.25, 0.3) is 0 Å². The van der Waals surface area contributed by atoms with E-state index in [2.05, 4.69) is 74.6 Å². The predicted molar refractivity (Wildman–Crippen MR) is 266 cm³/mol. The largest absolute Gasteiger partial charge is 0.472 e. The second-order valence-corrected chi connectivity index (χ2v) is 19.6. The van der Waals surface area contributed by atoms with E-state index in [1.54, 1.807) is 0 Å². The molecule has 8 nitrogen and oxygen atoms in total. The van der Waals surface area contributed by atoms with Gasteiger partial charge < -0.3 is 18.9 Å². The number of esters is 1. The summed E-state index contributed by atoms with van der Waals surface area (Å²) in [5.74, 6) is -0.316. The number of unbranched alkanes of at least 4 members (excludes halogenated alkanes) is 23. The number of quaternary nitrogens is 1. The van der Waals surface area contributed by atoms with Crippen molar-refractivity contribution in [3.8, 4) is 0 Å². The van der Waals surface area contributed by atoms with Crippen molar-refractivity contribution in [2.75, 3.05) is 54.1 Å². The highest BCUT2D eigenvalue weighted by molar-refractivity contribution is 7.47. The Morgan fingerprint density at radius 1 is 0.516 bits per heavy atom. The van der Waals surface area contributed by atoms with Crippen LogP contribution in [0.4, 0.5) is 0 Å². The van der Waals surface area contributed by atoms with Gasteiger partial charge in [-0.2, -0.15) is 0 Å². The summed E-state index contributed by atoms with van der Waals surface area (Å²) in [5, 5.41) is 0. The number of carbonyl (C=O) groups excluding carboxylic acids is 1. The second-order valence-electron chi connectivity index (χ2n) is 18.2. The number of nitrogens with zero attached hydrogens (tertiary/aromatic N) is 1. The fourth-order valence-electron chi connectivity index (χ4n) is 6.93. The zero-order valence-electron chi connectivity index (χ0n) is 41.1. The fourth-order valence-corrected chi connectivity index (χ4v) is 7.67. The van der Waals surface area contributed by atoms with Gasteiger partial charge in [0.15, 0.2) is 0 Å². The summed E-state index contributed by atoms with van der Waals surface area (Å²) in [7, 11) is 1.66. The molecule has 0 aromatic carbocycles. The molecule has 2 atom stereocenters. The van der Waals surface area contributed by atoms with Crippen LogP contribution in [0, 0.1) is 0 Å². The summed E-state index contributed by atoms with van der Waals surface area (Å²) in [6.07, 6.45) is 58.3. The summed E-state index contributed by atoms with van der Waals surface area (Å²) < 4.78 is 35.1. The van der Waals surface area contributed by atoms with Gasteiger partial charge in [-0.1, -0.05) is 209 Å². The normalized spacial score (nSPS) is 14.1. The first kappa shape index (κ1) is 60.2. The lowest BCUT2D eigenvalue weighted by Gasteiger charge is -2.24. The molecule has 0 aliphatic carbocycles. The van der Waals surface area contributed by atoms with Crippen LogP contribution in [0.3, 0.4) is 0 Å². The molecule has 0 aliphatic heterocycles. The van der Waals surface area contributed by atoms with Crippen LogP contribution < -0.4 is 0 Å². The summed E-state index contributed by atoms with van der Waals surface area (Å²) in [6, 6.07) is 0. The van der Waals surface area contributed by atoms with Gasteiger partial charge >= 0.3 is 13.8 Å². The quantitative estimate of drug-likeness (QED) is 0.0214. The molecule has 0 saturated carbocycles. The van der Waals surface area contributed by atoms with Crippen molar-refractivity contribution in [1.29, 1.82) is 0 Å². The Kier molecular flexibility index (Phi) is 44.4. The third-order valence-electron chi connectivity index (χ3n) is 10.8. The Morgan fingerprint density at radius 2 is 0.935 bits per heavy atom. The maximum Gasteiger partial charge on any atom is 0.472 e. The van der Waals surface area contributed by atoms with Crippen molar-refractivity contribution in [3.05, 3.63) is 60.8 Å². The van der Waals surface area contributed by atoms with Crippen LogP contribution in [0.5, 0.6) is 0 Å². The molecule has 0 spiro atoms. The van der Waals surface area contributed by atoms with E-state index in [1.165, 1.54) is 122 Å². The predicted octanol–water partition coefficient (Wildman–Crippen LogP) is 15.7. The molecule has 0 amide bonds. The van der Waals surface area contributed by atoms with E-state index < -0.39 is 13.9 Å². The zero-order valence-corrected chi connectivity index (χ0v) is 42.0. The minimum absolute atomic E-state index is 0.0859. The number of allylic oxidation sites excluding steroid dienone is 10. The molecule has 0 aliphatic rings. The Hall–Kier alpha value is -1.80. The molecule has 0 aromatic heterocycles. The lowest BCUT2D eigenvalue weighted by Crippen LogP contribution is -2.37. The summed E-state index contributed by atoms with van der Waals surface area (Å²) in [4.78, 5) is 23.0. The monoisotopic (exact) mass is 893 g/mol. The van der Waals surface area contributed by atoms with Crippen molar-refractivity contribution < 1.29 is 37.3 Å². The van der Waals surface area contributed by atoms with Crippen LogP contribution in [0.15, 0.2) is 60.8 Å². The van der Waals surface area contributed by atoms with Gasteiger partial charge in [0.05, 0.1) is 34.4 Å². The Labute approximate surface area is 383 Å². The van der Waals surface area contributed by atoms with Crippen LogP contribution in [0.2, 0.25) is 0 Å². The lowest BCUT2D eigenvalue weighted by molar-refractivity contribution is -0.870. The number of likely N-dealkylation sites (N-methyl/N-ethyl adjacent to an activating group) is 1. The van der Waals surface area contributed by atoms with Gasteiger partial charge in [0, 0.05) is 13.0 Å². The van der Waals surface area contributed by atoms with E-state index in [0.717, 1.165) is 70.6 Å². The molecule has 0 fully saturated rings.